The van der Waals surface area contributed by atoms with E-state index >= 15 is 0 Å². The van der Waals surface area contributed by atoms with E-state index in [0.29, 0.717) is 12.8 Å². The van der Waals surface area contributed by atoms with Crippen LogP contribution in [0.2, 0.25) is 0 Å². The highest BCUT2D eigenvalue weighted by molar-refractivity contribution is 6.00. The number of piperidine rings is 2. The van der Waals surface area contributed by atoms with Gasteiger partial charge in [-0.3, -0.25) is 14.9 Å². The molecule has 2 aliphatic rings. The number of rotatable bonds is 3. The molecule has 0 aromatic heterocycles. The number of carbonyl (C=O) groups is 3. The van der Waals surface area contributed by atoms with Gasteiger partial charge >= 0.3 is 0 Å². The third kappa shape index (κ3) is 3.03. The fourth-order valence-corrected chi connectivity index (χ4v) is 3.22. The summed E-state index contributed by atoms with van der Waals surface area (Å²) in [6, 6.07) is 8.00. The smallest absolute Gasteiger partial charge is 0.234 e. The quantitative estimate of drug-likeness (QED) is 0.680. The highest BCUT2D eigenvalue weighted by atomic mass is 16.2. The Morgan fingerprint density at radius 2 is 1.73 bits per heavy atom. The molecule has 0 spiro atoms. The molecular weight excluding hydrogens is 280 g/mol. The number of carbonyl (C=O) groups excluding carboxylic acids is 3. The monoisotopic (exact) mass is 300 g/mol. The van der Waals surface area contributed by atoms with Gasteiger partial charge in [-0.25, -0.2) is 0 Å². The van der Waals surface area contributed by atoms with Gasteiger partial charge in [0, 0.05) is 31.1 Å². The van der Waals surface area contributed by atoms with Gasteiger partial charge in [-0.15, -0.1) is 0 Å². The molecule has 0 unspecified atom stereocenters. The Hall–Kier alpha value is -2.17. The van der Waals surface area contributed by atoms with Gasteiger partial charge in [0.15, 0.2) is 0 Å². The first-order valence-electron chi connectivity index (χ1n) is 7.81. The van der Waals surface area contributed by atoms with Gasteiger partial charge in [0.1, 0.15) is 6.29 Å². The summed E-state index contributed by atoms with van der Waals surface area (Å²) in [5.41, 5.74) is 2.08. The number of anilines is 1. The molecule has 0 aliphatic carbocycles. The number of hydrogen-bond donors (Lipinski definition) is 1. The van der Waals surface area contributed by atoms with Crippen LogP contribution >= 0.6 is 0 Å². The minimum Gasteiger partial charge on any atom is -0.371 e. The van der Waals surface area contributed by atoms with Crippen LogP contribution in [0.15, 0.2) is 24.3 Å². The number of aldehydes is 1. The zero-order valence-corrected chi connectivity index (χ0v) is 12.5. The number of amides is 2. The first kappa shape index (κ1) is 14.8. The number of hydrogen-bond acceptors (Lipinski definition) is 4. The van der Waals surface area contributed by atoms with Crippen molar-refractivity contribution in [3.63, 3.8) is 0 Å². The van der Waals surface area contributed by atoms with Gasteiger partial charge in [0.05, 0.1) is 5.92 Å². The Kier molecular flexibility index (Phi) is 4.22. The van der Waals surface area contributed by atoms with Crippen LogP contribution in [0.1, 0.15) is 37.2 Å². The second kappa shape index (κ2) is 6.30. The lowest BCUT2D eigenvalue weighted by Crippen LogP contribution is -2.39. The van der Waals surface area contributed by atoms with E-state index in [1.807, 2.05) is 24.3 Å². The molecule has 2 amide bonds. The Morgan fingerprint density at radius 3 is 2.32 bits per heavy atom. The van der Waals surface area contributed by atoms with Crippen LogP contribution in [0.3, 0.4) is 0 Å². The molecule has 116 valence electrons. The first-order chi connectivity index (χ1) is 10.7. The molecule has 2 saturated heterocycles. The van der Waals surface area contributed by atoms with E-state index in [4.69, 9.17) is 0 Å². The molecule has 22 heavy (non-hydrogen) atoms. The average Bonchev–Trinajstić information content (AvgIpc) is 2.55. The molecule has 0 saturated carbocycles. The van der Waals surface area contributed by atoms with Crippen LogP contribution in [-0.2, 0) is 14.4 Å². The van der Waals surface area contributed by atoms with Crippen LogP contribution in [-0.4, -0.2) is 31.2 Å². The van der Waals surface area contributed by atoms with Crippen molar-refractivity contribution in [2.45, 2.75) is 31.6 Å². The molecule has 2 aliphatic heterocycles. The summed E-state index contributed by atoms with van der Waals surface area (Å²) in [4.78, 5) is 36.2. The van der Waals surface area contributed by atoms with E-state index in [0.717, 1.165) is 43.5 Å². The topological polar surface area (TPSA) is 66.5 Å². The van der Waals surface area contributed by atoms with E-state index in [-0.39, 0.29) is 23.7 Å². The number of imide groups is 1. The summed E-state index contributed by atoms with van der Waals surface area (Å²) in [5.74, 6) is -0.418. The lowest BCUT2D eigenvalue weighted by Gasteiger charge is -2.32. The van der Waals surface area contributed by atoms with Crippen molar-refractivity contribution in [1.29, 1.82) is 0 Å². The summed E-state index contributed by atoms with van der Waals surface area (Å²) in [7, 11) is 0. The predicted octanol–water partition coefficient (Wildman–Crippen LogP) is 1.62. The van der Waals surface area contributed by atoms with Crippen LogP contribution in [0, 0.1) is 5.92 Å². The van der Waals surface area contributed by atoms with Crippen LogP contribution in [0.4, 0.5) is 5.69 Å². The fraction of sp³-hybridized carbons (Fsp3) is 0.471. The van der Waals surface area contributed by atoms with Gasteiger partial charge in [0.2, 0.25) is 11.8 Å². The van der Waals surface area contributed by atoms with Gasteiger partial charge in [-0.2, -0.15) is 0 Å². The fourth-order valence-electron chi connectivity index (χ4n) is 3.22. The third-order valence-electron chi connectivity index (χ3n) is 4.63. The summed E-state index contributed by atoms with van der Waals surface area (Å²) in [5, 5.41) is 2.40. The van der Waals surface area contributed by atoms with E-state index < -0.39 is 0 Å². The van der Waals surface area contributed by atoms with Crippen molar-refractivity contribution in [2.75, 3.05) is 18.0 Å². The van der Waals surface area contributed by atoms with Crippen molar-refractivity contribution < 1.29 is 14.4 Å². The SMILES string of the molecule is O=CC1CCN(c2ccc([C@@H]3CCC(=O)NC3=O)cc2)CC1. The highest BCUT2D eigenvalue weighted by Gasteiger charge is 2.28. The number of nitrogens with one attached hydrogen (secondary N) is 1. The molecule has 1 aromatic carbocycles. The molecule has 2 heterocycles. The first-order valence-corrected chi connectivity index (χ1v) is 7.81. The Bertz CT molecular complexity index is 574. The normalized spacial score (nSPS) is 23.3. The molecule has 1 atom stereocenters. The Balaban J connectivity index is 1.67. The summed E-state index contributed by atoms with van der Waals surface area (Å²) >= 11 is 0. The van der Waals surface area contributed by atoms with Gasteiger partial charge < -0.3 is 9.69 Å². The Labute approximate surface area is 129 Å². The van der Waals surface area contributed by atoms with Gasteiger partial charge in [-0.05, 0) is 37.0 Å². The van der Waals surface area contributed by atoms with Crippen molar-refractivity contribution >= 4 is 23.8 Å². The second-order valence-corrected chi connectivity index (χ2v) is 6.06. The minimum absolute atomic E-state index is 0.184. The average molecular weight is 300 g/mol. The van der Waals surface area contributed by atoms with Crippen molar-refractivity contribution in [3.8, 4) is 0 Å². The summed E-state index contributed by atoms with van der Waals surface area (Å²) in [6.07, 6.45) is 3.84. The number of nitrogens with zero attached hydrogens (tertiary/aromatic N) is 1. The lowest BCUT2D eigenvalue weighted by atomic mass is 9.90. The van der Waals surface area contributed by atoms with E-state index in [9.17, 15) is 14.4 Å². The second-order valence-electron chi connectivity index (χ2n) is 6.06. The molecule has 5 nitrogen and oxygen atoms in total. The molecule has 0 bridgehead atoms. The molecular formula is C17H20N2O3. The van der Waals surface area contributed by atoms with E-state index in [1.54, 1.807) is 0 Å². The summed E-state index contributed by atoms with van der Waals surface area (Å²) in [6.45, 7) is 1.78. The van der Waals surface area contributed by atoms with Crippen molar-refractivity contribution in [3.05, 3.63) is 29.8 Å². The Morgan fingerprint density at radius 1 is 1.05 bits per heavy atom. The summed E-state index contributed by atoms with van der Waals surface area (Å²) < 4.78 is 0. The third-order valence-corrected chi connectivity index (χ3v) is 4.63. The van der Waals surface area contributed by atoms with E-state index in [2.05, 4.69) is 10.2 Å². The highest BCUT2D eigenvalue weighted by Crippen LogP contribution is 2.28. The molecule has 1 aromatic rings. The maximum atomic E-state index is 11.9. The van der Waals surface area contributed by atoms with Crippen molar-refractivity contribution in [1.82, 2.24) is 5.32 Å². The van der Waals surface area contributed by atoms with Crippen molar-refractivity contribution in [2.24, 2.45) is 5.92 Å². The standard InChI is InChI=1S/C17H20N2O3/c20-11-12-7-9-19(10-8-12)14-3-1-13(2-4-14)15-5-6-16(21)18-17(15)22/h1-4,11-12,15H,5-10H2,(H,18,21,22)/t15-/m0/s1. The molecule has 2 fully saturated rings. The van der Waals surface area contributed by atoms with Crippen LogP contribution in [0.5, 0.6) is 0 Å². The minimum atomic E-state index is -0.229. The molecule has 5 heteroatoms. The van der Waals surface area contributed by atoms with Gasteiger partial charge in [0.25, 0.3) is 0 Å². The predicted molar refractivity (Wildman–Crippen MR) is 82.6 cm³/mol. The zero-order chi connectivity index (χ0) is 15.5. The van der Waals surface area contributed by atoms with Crippen LogP contribution < -0.4 is 10.2 Å². The van der Waals surface area contributed by atoms with Crippen LogP contribution in [0.25, 0.3) is 0 Å². The molecule has 0 radical (unpaired) electrons. The maximum absolute atomic E-state index is 11.9. The largest absolute Gasteiger partial charge is 0.371 e. The zero-order valence-electron chi connectivity index (χ0n) is 12.5. The molecule has 1 N–H and O–H groups in total. The lowest BCUT2D eigenvalue weighted by molar-refractivity contribution is -0.134. The van der Waals surface area contributed by atoms with E-state index in [1.165, 1.54) is 0 Å². The maximum Gasteiger partial charge on any atom is 0.234 e. The molecule has 3 rings (SSSR count). The number of benzene rings is 1. The van der Waals surface area contributed by atoms with Gasteiger partial charge in [-0.1, -0.05) is 12.1 Å².